The van der Waals surface area contributed by atoms with Gasteiger partial charge in [0.15, 0.2) is 0 Å². The molecule has 1 aliphatic carbocycles. The molecule has 0 atom stereocenters. The van der Waals surface area contributed by atoms with Crippen LogP contribution in [0, 0.1) is 5.92 Å². The van der Waals surface area contributed by atoms with Crippen LogP contribution in [0.2, 0.25) is 0 Å². The molecule has 0 aromatic heterocycles. The van der Waals surface area contributed by atoms with Crippen molar-refractivity contribution < 1.29 is 8.78 Å². The molecular weight excluding hydrogens is 246 g/mol. The fourth-order valence-corrected chi connectivity index (χ4v) is 2.90. The number of hydrogen-bond donors (Lipinski definition) is 1. The Morgan fingerprint density at radius 2 is 1.84 bits per heavy atom. The minimum Gasteiger partial charge on any atom is -0.399 e. The topological polar surface area (TPSA) is 29.3 Å². The minimum absolute atomic E-state index is 0.0427. The Morgan fingerprint density at radius 3 is 2.42 bits per heavy atom. The molecule has 2 N–H and O–H groups in total. The Kier molecular flexibility index (Phi) is 4.27. The zero-order valence-corrected chi connectivity index (χ0v) is 11.6. The van der Waals surface area contributed by atoms with Gasteiger partial charge in [0.25, 0.3) is 6.43 Å². The molecule has 1 fully saturated rings. The lowest BCUT2D eigenvalue weighted by Gasteiger charge is -2.36. The van der Waals surface area contributed by atoms with E-state index in [-0.39, 0.29) is 5.56 Å². The van der Waals surface area contributed by atoms with E-state index in [1.54, 1.807) is 12.1 Å². The van der Waals surface area contributed by atoms with Gasteiger partial charge in [-0.05, 0) is 49.8 Å². The van der Waals surface area contributed by atoms with Gasteiger partial charge in [-0.25, -0.2) is 8.78 Å². The van der Waals surface area contributed by atoms with Gasteiger partial charge in [-0.2, -0.15) is 0 Å². The van der Waals surface area contributed by atoms with E-state index in [1.165, 1.54) is 18.9 Å². The number of rotatable bonds is 3. The van der Waals surface area contributed by atoms with Crippen LogP contribution in [0.25, 0.3) is 0 Å². The molecule has 4 heteroatoms. The number of benzene rings is 1. The van der Waals surface area contributed by atoms with Crippen molar-refractivity contribution in [3.63, 3.8) is 0 Å². The van der Waals surface area contributed by atoms with Crippen LogP contribution in [-0.2, 0) is 0 Å². The molecule has 0 bridgehead atoms. The van der Waals surface area contributed by atoms with Crippen molar-refractivity contribution in [3.05, 3.63) is 23.8 Å². The fraction of sp³-hybridized carbons (Fsp3) is 0.600. The maximum Gasteiger partial charge on any atom is 0.265 e. The quantitative estimate of drug-likeness (QED) is 0.832. The summed E-state index contributed by atoms with van der Waals surface area (Å²) in [4.78, 5) is 2.01. The van der Waals surface area contributed by atoms with Gasteiger partial charge in [0.1, 0.15) is 0 Å². The highest BCUT2D eigenvalue weighted by Crippen LogP contribution is 2.35. The summed E-state index contributed by atoms with van der Waals surface area (Å²) in [6, 6.07) is 5.16. The average molecular weight is 268 g/mol. The summed E-state index contributed by atoms with van der Waals surface area (Å²) in [6.07, 6.45) is 2.01. The molecule has 1 saturated carbocycles. The first-order chi connectivity index (χ1) is 8.99. The van der Waals surface area contributed by atoms with Gasteiger partial charge in [0.2, 0.25) is 0 Å². The molecule has 1 aromatic carbocycles. The number of halogens is 2. The Balaban J connectivity index is 2.21. The van der Waals surface area contributed by atoms with Crippen LogP contribution in [0.15, 0.2) is 18.2 Å². The van der Waals surface area contributed by atoms with Gasteiger partial charge >= 0.3 is 0 Å². The molecule has 0 heterocycles. The molecule has 1 aromatic rings. The van der Waals surface area contributed by atoms with Crippen LogP contribution < -0.4 is 10.6 Å². The van der Waals surface area contributed by atoms with E-state index >= 15 is 0 Å². The molecule has 0 unspecified atom stereocenters. The van der Waals surface area contributed by atoms with Crippen LogP contribution in [0.3, 0.4) is 0 Å². The summed E-state index contributed by atoms with van der Waals surface area (Å²) in [5, 5.41) is 0. The second-order valence-corrected chi connectivity index (χ2v) is 5.64. The molecular formula is C15H22F2N2. The van der Waals surface area contributed by atoms with E-state index in [9.17, 15) is 8.78 Å². The third-order valence-electron chi connectivity index (χ3n) is 4.20. The normalized spacial score (nSPS) is 23.6. The molecule has 2 nitrogen and oxygen atoms in total. The van der Waals surface area contributed by atoms with Crippen LogP contribution in [0.1, 0.15) is 44.6 Å². The van der Waals surface area contributed by atoms with E-state index in [1.807, 2.05) is 11.9 Å². The lowest BCUT2D eigenvalue weighted by Crippen LogP contribution is -2.35. The molecule has 0 aliphatic heterocycles. The third-order valence-corrected chi connectivity index (χ3v) is 4.20. The number of nitrogen functional groups attached to an aromatic ring is 1. The van der Waals surface area contributed by atoms with Gasteiger partial charge in [-0.1, -0.05) is 6.92 Å². The zero-order valence-electron chi connectivity index (χ0n) is 11.6. The van der Waals surface area contributed by atoms with E-state index in [2.05, 4.69) is 6.92 Å². The van der Waals surface area contributed by atoms with Crippen molar-refractivity contribution in [1.82, 2.24) is 0 Å². The van der Waals surface area contributed by atoms with Crippen LogP contribution in [-0.4, -0.2) is 13.1 Å². The molecule has 0 radical (unpaired) electrons. The molecule has 0 saturated heterocycles. The van der Waals surface area contributed by atoms with Crippen molar-refractivity contribution in [2.75, 3.05) is 17.7 Å². The first kappa shape index (κ1) is 14.1. The van der Waals surface area contributed by atoms with E-state index in [0.29, 0.717) is 17.4 Å². The van der Waals surface area contributed by atoms with Crippen molar-refractivity contribution in [1.29, 1.82) is 0 Å². The summed E-state index contributed by atoms with van der Waals surface area (Å²) in [5.74, 6) is 0.755. The molecule has 19 heavy (non-hydrogen) atoms. The number of alkyl halides is 2. The number of nitrogens with zero attached hydrogens (tertiary/aromatic N) is 1. The van der Waals surface area contributed by atoms with Crippen molar-refractivity contribution in [3.8, 4) is 0 Å². The first-order valence-corrected chi connectivity index (χ1v) is 6.89. The monoisotopic (exact) mass is 268 g/mol. The predicted octanol–water partition coefficient (Wildman–Crippen LogP) is 4.22. The van der Waals surface area contributed by atoms with Crippen molar-refractivity contribution >= 4 is 11.4 Å². The highest BCUT2D eigenvalue weighted by atomic mass is 19.3. The van der Waals surface area contributed by atoms with Crippen LogP contribution in [0.4, 0.5) is 20.2 Å². The summed E-state index contributed by atoms with van der Waals surface area (Å²) in [6.45, 7) is 2.25. The van der Waals surface area contributed by atoms with Gasteiger partial charge < -0.3 is 10.6 Å². The van der Waals surface area contributed by atoms with E-state index < -0.39 is 6.43 Å². The highest BCUT2D eigenvalue weighted by molar-refractivity contribution is 5.60. The molecule has 0 spiro atoms. The van der Waals surface area contributed by atoms with Gasteiger partial charge in [-0.15, -0.1) is 0 Å². The predicted molar refractivity (Wildman–Crippen MR) is 75.6 cm³/mol. The zero-order chi connectivity index (χ0) is 14.0. The minimum atomic E-state index is -2.48. The first-order valence-electron chi connectivity index (χ1n) is 6.89. The van der Waals surface area contributed by atoms with Crippen molar-refractivity contribution in [2.45, 2.75) is 45.1 Å². The van der Waals surface area contributed by atoms with Crippen LogP contribution >= 0.6 is 0 Å². The van der Waals surface area contributed by atoms with Crippen LogP contribution in [0.5, 0.6) is 0 Å². The summed E-state index contributed by atoms with van der Waals surface area (Å²) in [7, 11) is 1.91. The van der Waals surface area contributed by atoms with E-state index in [0.717, 1.165) is 18.8 Å². The lowest BCUT2D eigenvalue weighted by molar-refractivity contribution is 0.151. The van der Waals surface area contributed by atoms with E-state index in [4.69, 9.17) is 5.73 Å². The maximum absolute atomic E-state index is 13.1. The molecule has 0 amide bonds. The summed E-state index contributed by atoms with van der Waals surface area (Å²) >= 11 is 0. The Hall–Kier alpha value is -1.32. The summed E-state index contributed by atoms with van der Waals surface area (Å²) < 4.78 is 26.2. The number of anilines is 2. The second-order valence-electron chi connectivity index (χ2n) is 5.64. The fourth-order valence-electron chi connectivity index (χ4n) is 2.90. The maximum atomic E-state index is 13.1. The number of hydrogen-bond acceptors (Lipinski definition) is 2. The summed E-state index contributed by atoms with van der Waals surface area (Å²) in [5.41, 5.74) is 6.66. The Labute approximate surface area is 113 Å². The van der Waals surface area contributed by atoms with Crippen molar-refractivity contribution in [2.24, 2.45) is 5.92 Å². The second kappa shape index (κ2) is 5.76. The van der Waals surface area contributed by atoms with Gasteiger partial charge in [-0.3, -0.25) is 0 Å². The Morgan fingerprint density at radius 1 is 1.21 bits per heavy atom. The Bertz CT molecular complexity index is 426. The molecule has 1 aliphatic rings. The van der Waals surface area contributed by atoms with Gasteiger partial charge in [0, 0.05) is 30.0 Å². The SMILES string of the molecule is CC1CCC(N(C)c2ccc(N)cc2C(F)F)CC1. The van der Waals surface area contributed by atoms with Gasteiger partial charge in [0.05, 0.1) is 0 Å². The average Bonchev–Trinajstić information content (AvgIpc) is 2.38. The largest absolute Gasteiger partial charge is 0.399 e. The highest BCUT2D eigenvalue weighted by Gasteiger charge is 2.25. The number of nitrogens with two attached hydrogens (primary N) is 1. The lowest BCUT2D eigenvalue weighted by atomic mass is 9.86. The molecule has 2 rings (SSSR count). The standard InChI is InChI=1S/C15H22F2N2/c1-10-3-6-12(7-4-10)19(2)14-8-5-11(18)9-13(14)15(16)17/h5,8-10,12,15H,3-4,6-7,18H2,1-2H3. The smallest absolute Gasteiger partial charge is 0.265 e. The molecule has 106 valence electrons. The third kappa shape index (κ3) is 3.17.